The van der Waals surface area contributed by atoms with Gasteiger partial charge in [0.25, 0.3) is 5.56 Å². The van der Waals surface area contributed by atoms with E-state index in [0.717, 1.165) is 35.3 Å². The molecule has 1 N–H and O–H groups in total. The number of hydrogen-bond acceptors (Lipinski definition) is 5. The molecule has 1 atom stereocenters. The molecule has 1 amide bonds. The number of hydrogen-bond donors (Lipinski definition) is 1. The van der Waals surface area contributed by atoms with E-state index in [1.165, 1.54) is 22.0 Å². The number of rotatable bonds is 5. The minimum absolute atomic E-state index is 0.0969. The number of anilines is 1. The molecule has 0 spiro atoms. The van der Waals surface area contributed by atoms with Gasteiger partial charge in [-0.05, 0) is 56.2 Å². The standard InChI is InChI=1S/C20H24N2O4S/c1-4-26-20(25)18-14-6-5-12(2)9-15(14)27-19(18)21-16(23)11-22-8-7-13(3)10-17(22)24/h7-8,10,12H,4-6,9,11H2,1-3H3,(H,21,23). The first-order chi connectivity index (χ1) is 12.9. The van der Waals surface area contributed by atoms with E-state index in [9.17, 15) is 14.4 Å². The molecule has 0 radical (unpaired) electrons. The first-order valence-electron chi connectivity index (χ1n) is 9.17. The molecule has 1 aliphatic carbocycles. The lowest BCUT2D eigenvalue weighted by Gasteiger charge is -2.18. The molecular weight excluding hydrogens is 364 g/mol. The fourth-order valence-corrected chi connectivity index (χ4v) is 4.73. The van der Waals surface area contributed by atoms with Gasteiger partial charge in [-0.2, -0.15) is 0 Å². The highest BCUT2D eigenvalue weighted by atomic mass is 32.1. The number of carbonyl (C=O) groups excluding carboxylic acids is 2. The first-order valence-corrected chi connectivity index (χ1v) is 9.99. The number of ether oxygens (including phenoxy) is 1. The molecule has 0 aromatic carbocycles. The first kappa shape index (κ1) is 19.4. The largest absolute Gasteiger partial charge is 0.462 e. The highest BCUT2D eigenvalue weighted by Gasteiger charge is 2.29. The predicted molar refractivity (Wildman–Crippen MR) is 106 cm³/mol. The van der Waals surface area contributed by atoms with Crippen molar-refractivity contribution in [3.63, 3.8) is 0 Å². The number of nitrogens with zero attached hydrogens (tertiary/aromatic N) is 1. The number of nitrogens with one attached hydrogen (secondary N) is 1. The summed E-state index contributed by atoms with van der Waals surface area (Å²) in [6.07, 6.45) is 4.33. The van der Waals surface area contributed by atoms with Gasteiger partial charge in [0.15, 0.2) is 0 Å². The number of aryl methyl sites for hydroxylation is 1. The highest BCUT2D eigenvalue weighted by Crippen LogP contribution is 2.40. The van der Waals surface area contributed by atoms with Crippen LogP contribution in [0.25, 0.3) is 0 Å². The zero-order valence-electron chi connectivity index (χ0n) is 15.8. The van der Waals surface area contributed by atoms with Crippen LogP contribution in [0.4, 0.5) is 5.00 Å². The fourth-order valence-electron chi connectivity index (χ4n) is 3.32. The summed E-state index contributed by atoms with van der Waals surface area (Å²) in [4.78, 5) is 38.1. The van der Waals surface area contributed by atoms with Crippen molar-refractivity contribution in [2.24, 2.45) is 5.92 Å². The van der Waals surface area contributed by atoms with E-state index in [1.54, 1.807) is 19.2 Å². The quantitative estimate of drug-likeness (QED) is 0.798. The Labute approximate surface area is 162 Å². The second-order valence-corrected chi connectivity index (χ2v) is 8.10. The van der Waals surface area contributed by atoms with Crippen molar-refractivity contribution in [2.75, 3.05) is 11.9 Å². The van der Waals surface area contributed by atoms with Crippen molar-refractivity contribution in [3.05, 3.63) is 50.3 Å². The van der Waals surface area contributed by atoms with Crippen molar-refractivity contribution in [1.82, 2.24) is 4.57 Å². The molecule has 2 aromatic heterocycles. The maximum Gasteiger partial charge on any atom is 0.341 e. The number of pyridine rings is 1. The Bertz CT molecular complexity index is 929. The number of carbonyl (C=O) groups is 2. The predicted octanol–water partition coefficient (Wildman–Crippen LogP) is 3.16. The summed E-state index contributed by atoms with van der Waals surface area (Å²) in [5, 5.41) is 3.36. The van der Waals surface area contributed by atoms with Crippen LogP contribution in [0.3, 0.4) is 0 Å². The number of thiophene rings is 1. The van der Waals surface area contributed by atoms with Crippen LogP contribution in [0, 0.1) is 12.8 Å². The number of esters is 1. The zero-order valence-corrected chi connectivity index (χ0v) is 16.6. The third-order valence-corrected chi connectivity index (χ3v) is 5.88. The molecule has 6 nitrogen and oxygen atoms in total. The molecule has 1 unspecified atom stereocenters. The van der Waals surface area contributed by atoms with Crippen molar-refractivity contribution in [1.29, 1.82) is 0 Å². The van der Waals surface area contributed by atoms with E-state index in [4.69, 9.17) is 4.74 Å². The molecule has 0 bridgehead atoms. The summed E-state index contributed by atoms with van der Waals surface area (Å²) in [6.45, 7) is 5.97. The zero-order chi connectivity index (χ0) is 19.6. The summed E-state index contributed by atoms with van der Waals surface area (Å²) in [5.74, 6) is -0.175. The van der Waals surface area contributed by atoms with Crippen LogP contribution in [-0.2, 0) is 28.9 Å². The second-order valence-electron chi connectivity index (χ2n) is 6.99. The van der Waals surface area contributed by atoms with Crippen LogP contribution < -0.4 is 10.9 Å². The lowest BCUT2D eigenvalue weighted by molar-refractivity contribution is -0.116. The topological polar surface area (TPSA) is 77.4 Å². The maximum atomic E-state index is 12.5. The molecule has 144 valence electrons. The average molecular weight is 388 g/mol. The lowest BCUT2D eigenvalue weighted by Crippen LogP contribution is -2.27. The van der Waals surface area contributed by atoms with E-state index in [0.29, 0.717) is 16.5 Å². The lowest BCUT2D eigenvalue weighted by atomic mass is 9.88. The van der Waals surface area contributed by atoms with Crippen LogP contribution in [0.2, 0.25) is 0 Å². The van der Waals surface area contributed by atoms with Crippen molar-refractivity contribution in [3.8, 4) is 0 Å². The Morgan fingerprint density at radius 3 is 2.89 bits per heavy atom. The van der Waals surface area contributed by atoms with Gasteiger partial charge in [0.1, 0.15) is 11.5 Å². The SMILES string of the molecule is CCOC(=O)c1c(NC(=O)Cn2ccc(C)cc2=O)sc2c1CCC(C)C2. The molecule has 0 saturated carbocycles. The second kappa shape index (κ2) is 8.08. The van der Waals surface area contributed by atoms with Gasteiger partial charge in [-0.1, -0.05) is 6.92 Å². The van der Waals surface area contributed by atoms with Gasteiger partial charge < -0.3 is 14.6 Å². The fraction of sp³-hybridized carbons (Fsp3) is 0.450. The smallest absolute Gasteiger partial charge is 0.341 e. The van der Waals surface area contributed by atoms with Crippen LogP contribution >= 0.6 is 11.3 Å². The molecule has 0 saturated heterocycles. The molecule has 0 aliphatic heterocycles. The van der Waals surface area contributed by atoms with Crippen LogP contribution in [-0.4, -0.2) is 23.1 Å². The summed E-state index contributed by atoms with van der Waals surface area (Å²) in [6, 6.07) is 3.27. The van der Waals surface area contributed by atoms with Gasteiger partial charge in [-0.3, -0.25) is 9.59 Å². The summed E-state index contributed by atoms with van der Waals surface area (Å²) in [7, 11) is 0. The molecule has 7 heteroatoms. The van der Waals surface area contributed by atoms with Gasteiger partial charge in [0.2, 0.25) is 5.91 Å². The van der Waals surface area contributed by atoms with Crippen LogP contribution in [0.15, 0.2) is 23.1 Å². The summed E-state index contributed by atoms with van der Waals surface area (Å²) in [5.41, 5.74) is 2.10. The van der Waals surface area contributed by atoms with Crippen molar-refractivity contribution in [2.45, 2.75) is 46.6 Å². The third kappa shape index (κ3) is 4.30. The van der Waals surface area contributed by atoms with E-state index >= 15 is 0 Å². The molecule has 27 heavy (non-hydrogen) atoms. The Kier molecular flexibility index (Phi) is 5.79. The normalized spacial score (nSPS) is 15.9. The van der Waals surface area contributed by atoms with Crippen molar-refractivity contribution >= 4 is 28.2 Å². The average Bonchev–Trinajstić information content (AvgIpc) is 2.94. The maximum absolute atomic E-state index is 12.5. The Morgan fingerprint density at radius 2 is 2.19 bits per heavy atom. The number of aromatic nitrogens is 1. The van der Waals surface area contributed by atoms with Gasteiger partial charge in [0, 0.05) is 17.1 Å². The molecule has 0 fully saturated rings. The van der Waals surface area contributed by atoms with Gasteiger partial charge in [-0.25, -0.2) is 4.79 Å². The number of amides is 1. The Balaban J connectivity index is 1.86. The minimum atomic E-state index is -0.396. The van der Waals surface area contributed by atoms with Crippen LogP contribution in [0.1, 0.15) is 46.6 Å². The van der Waals surface area contributed by atoms with E-state index in [-0.39, 0.29) is 24.6 Å². The molecule has 2 aromatic rings. The Morgan fingerprint density at radius 1 is 1.41 bits per heavy atom. The third-order valence-electron chi connectivity index (χ3n) is 4.71. The minimum Gasteiger partial charge on any atom is -0.462 e. The summed E-state index contributed by atoms with van der Waals surface area (Å²) < 4.78 is 6.56. The molecule has 2 heterocycles. The van der Waals surface area contributed by atoms with Gasteiger partial charge in [0.05, 0.1) is 12.2 Å². The van der Waals surface area contributed by atoms with Gasteiger partial charge in [-0.15, -0.1) is 11.3 Å². The van der Waals surface area contributed by atoms with E-state index < -0.39 is 5.97 Å². The number of fused-ring (bicyclic) bond motifs is 1. The van der Waals surface area contributed by atoms with Crippen LogP contribution in [0.5, 0.6) is 0 Å². The molecule has 1 aliphatic rings. The van der Waals surface area contributed by atoms with Crippen molar-refractivity contribution < 1.29 is 14.3 Å². The highest BCUT2D eigenvalue weighted by molar-refractivity contribution is 7.17. The van der Waals surface area contributed by atoms with E-state index in [1.807, 2.05) is 6.92 Å². The monoisotopic (exact) mass is 388 g/mol. The molecular formula is C20H24N2O4S. The Hall–Kier alpha value is -2.41. The van der Waals surface area contributed by atoms with E-state index in [2.05, 4.69) is 12.2 Å². The van der Waals surface area contributed by atoms with Gasteiger partial charge >= 0.3 is 5.97 Å². The summed E-state index contributed by atoms with van der Waals surface area (Å²) >= 11 is 1.45. The molecule has 3 rings (SSSR count).